The van der Waals surface area contributed by atoms with Crippen molar-refractivity contribution in [3.8, 4) is 0 Å². The van der Waals surface area contributed by atoms with Crippen LogP contribution in [0.5, 0.6) is 0 Å². The summed E-state index contributed by atoms with van der Waals surface area (Å²) >= 11 is 2.25. The number of hydrogen-bond acceptors (Lipinski definition) is 3. The Morgan fingerprint density at radius 1 is 1.47 bits per heavy atom. The monoisotopic (exact) mass is 319 g/mol. The van der Waals surface area contributed by atoms with E-state index in [1.54, 1.807) is 0 Å². The van der Waals surface area contributed by atoms with Crippen LogP contribution in [0.3, 0.4) is 0 Å². The van der Waals surface area contributed by atoms with Gasteiger partial charge in [0, 0.05) is 19.2 Å². The predicted octanol–water partition coefficient (Wildman–Crippen LogP) is 3.10. The highest BCUT2D eigenvalue weighted by molar-refractivity contribution is 14.1. The van der Waals surface area contributed by atoms with Crippen LogP contribution in [-0.4, -0.2) is 16.5 Å². The highest BCUT2D eigenvalue weighted by Crippen LogP contribution is 2.15. The van der Waals surface area contributed by atoms with Gasteiger partial charge in [0.25, 0.3) is 0 Å². The fourth-order valence-corrected chi connectivity index (χ4v) is 1.68. The van der Waals surface area contributed by atoms with Crippen molar-refractivity contribution in [1.82, 2.24) is 9.97 Å². The summed E-state index contributed by atoms with van der Waals surface area (Å²) in [5, 5.41) is 3.25. The van der Waals surface area contributed by atoms with E-state index in [2.05, 4.69) is 58.6 Å². The summed E-state index contributed by atoms with van der Waals surface area (Å²) in [5.74, 6) is 2.61. The number of nitrogens with zero attached hydrogens (tertiary/aromatic N) is 2. The Balaban J connectivity index is 2.69. The molecule has 0 aliphatic rings. The first kappa shape index (κ1) is 12.7. The van der Waals surface area contributed by atoms with Crippen LogP contribution in [-0.2, 0) is 6.42 Å². The molecule has 0 unspecified atom stereocenters. The van der Waals surface area contributed by atoms with Gasteiger partial charge in [-0.2, -0.15) is 0 Å². The van der Waals surface area contributed by atoms with Gasteiger partial charge in [-0.05, 0) is 41.9 Å². The lowest BCUT2D eigenvalue weighted by Gasteiger charge is -2.08. The fourth-order valence-electron chi connectivity index (χ4n) is 1.23. The van der Waals surface area contributed by atoms with Gasteiger partial charge >= 0.3 is 0 Å². The van der Waals surface area contributed by atoms with E-state index in [0.29, 0.717) is 5.92 Å². The van der Waals surface area contributed by atoms with Crippen LogP contribution in [0.25, 0.3) is 0 Å². The van der Waals surface area contributed by atoms with Gasteiger partial charge in [-0.1, -0.05) is 13.8 Å². The number of aromatic nitrogens is 2. The maximum atomic E-state index is 4.50. The average Bonchev–Trinajstić information content (AvgIpc) is 2.19. The Bertz CT molecular complexity index is 313. The van der Waals surface area contributed by atoms with Crippen molar-refractivity contribution in [3.63, 3.8) is 0 Å². The quantitative estimate of drug-likeness (QED) is 0.848. The summed E-state index contributed by atoms with van der Waals surface area (Å²) in [7, 11) is 0. The maximum absolute atomic E-state index is 4.50. The lowest BCUT2D eigenvalue weighted by atomic mass is 10.1. The van der Waals surface area contributed by atoms with E-state index in [1.807, 2.05) is 6.20 Å². The van der Waals surface area contributed by atoms with E-state index < -0.39 is 0 Å². The molecule has 0 amide bonds. The van der Waals surface area contributed by atoms with Gasteiger partial charge in [-0.25, -0.2) is 9.97 Å². The topological polar surface area (TPSA) is 37.8 Å². The molecule has 0 spiro atoms. The maximum Gasteiger partial charge on any atom is 0.143 e. The highest BCUT2D eigenvalue weighted by atomic mass is 127. The summed E-state index contributed by atoms with van der Waals surface area (Å²) in [5.41, 5.74) is 0. The van der Waals surface area contributed by atoms with Crippen molar-refractivity contribution in [2.75, 3.05) is 11.9 Å². The van der Waals surface area contributed by atoms with E-state index in [1.165, 1.54) is 0 Å². The van der Waals surface area contributed by atoms with Gasteiger partial charge in [-0.3, -0.25) is 0 Å². The van der Waals surface area contributed by atoms with Crippen molar-refractivity contribution in [3.05, 3.63) is 15.6 Å². The van der Waals surface area contributed by atoms with Crippen LogP contribution in [0.15, 0.2) is 6.20 Å². The number of rotatable bonds is 5. The first-order valence-electron chi connectivity index (χ1n) is 5.38. The first-order chi connectivity index (χ1) is 7.13. The lowest BCUT2D eigenvalue weighted by molar-refractivity contribution is 0.574. The Kier molecular flexibility index (Phi) is 5.28. The summed E-state index contributed by atoms with van der Waals surface area (Å²) in [6, 6.07) is 0. The molecule has 0 saturated carbocycles. The molecule has 0 aromatic carbocycles. The SMILES string of the molecule is CCNc1nc(CCC(C)C)ncc1I. The molecule has 1 N–H and O–H groups in total. The van der Waals surface area contributed by atoms with Gasteiger partial charge in [-0.15, -0.1) is 0 Å². The summed E-state index contributed by atoms with van der Waals surface area (Å²) in [6.07, 6.45) is 4.00. The molecular formula is C11H18IN3. The standard InChI is InChI=1S/C11H18IN3/c1-4-13-11-9(12)7-14-10(15-11)6-5-8(2)3/h7-8H,4-6H2,1-3H3,(H,13,14,15). The molecule has 0 saturated heterocycles. The van der Waals surface area contributed by atoms with E-state index in [9.17, 15) is 0 Å². The summed E-state index contributed by atoms with van der Waals surface area (Å²) < 4.78 is 1.09. The van der Waals surface area contributed by atoms with Crippen LogP contribution in [0.2, 0.25) is 0 Å². The van der Waals surface area contributed by atoms with Gasteiger partial charge in [0.2, 0.25) is 0 Å². The van der Waals surface area contributed by atoms with Crippen molar-refractivity contribution < 1.29 is 0 Å². The Labute approximate surface area is 105 Å². The lowest BCUT2D eigenvalue weighted by Crippen LogP contribution is -2.06. The minimum absolute atomic E-state index is 0.704. The largest absolute Gasteiger partial charge is 0.369 e. The minimum Gasteiger partial charge on any atom is -0.369 e. The van der Waals surface area contributed by atoms with Crippen LogP contribution in [0.4, 0.5) is 5.82 Å². The van der Waals surface area contributed by atoms with Gasteiger partial charge in [0.05, 0.1) is 3.57 Å². The number of halogens is 1. The first-order valence-corrected chi connectivity index (χ1v) is 6.46. The normalized spacial score (nSPS) is 10.7. The van der Waals surface area contributed by atoms with Gasteiger partial charge in [0.1, 0.15) is 11.6 Å². The van der Waals surface area contributed by atoms with Crippen LogP contribution in [0.1, 0.15) is 33.0 Å². The molecule has 0 radical (unpaired) electrons. The second-order valence-corrected chi connectivity index (χ2v) is 5.11. The molecule has 4 heteroatoms. The molecule has 1 aromatic heterocycles. The smallest absolute Gasteiger partial charge is 0.143 e. The fraction of sp³-hybridized carbons (Fsp3) is 0.636. The van der Waals surface area contributed by atoms with Gasteiger partial charge in [0.15, 0.2) is 0 Å². The van der Waals surface area contributed by atoms with Crippen molar-refractivity contribution in [1.29, 1.82) is 0 Å². The number of hydrogen-bond donors (Lipinski definition) is 1. The predicted molar refractivity (Wildman–Crippen MR) is 72.1 cm³/mol. The molecule has 0 atom stereocenters. The second kappa shape index (κ2) is 6.25. The highest BCUT2D eigenvalue weighted by Gasteiger charge is 2.04. The molecule has 84 valence electrons. The van der Waals surface area contributed by atoms with Crippen LogP contribution < -0.4 is 5.32 Å². The molecular weight excluding hydrogens is 301 g/mol. The zero-order chi connectivity index (χ0) is 11.3. The van der Waals surface area contributed by atoms with Gasteiger partial charge < -0.3 is 5.32 Å². The number of nitrogens with one attached hydrogen (secondary N) is 1. The molecule has 0 aliphatic carbocycles. The average molecular weight is 319 g/mol. The van der Waals surface area contributed by atoms with E-state index in [4.69, 9.17) is 0 Å². The molecule has 0 fully saturated rings. The summed E-state index contributed by atoms with van der Waals surface area (Å²) in [4.78, 5) is 8.84. The molecule has 15 heavy (non-hydrogen) atoms. The Morgan fingerprint density at radius 2 is 2.20 bits per heavy atom. The molecule has 3 nitrogen and oxygen atoms in total. The molecule has 1 aromatic rings. The number of anilines is 1. The minimum atomic E-state index is 0.704. The van der Waals surface area contributed by atoms with E-state index in [0.717, 1.165) is 34.6 Å². The Morgan fingerprint density at radius 3 is 2.80 bits per heavy atom. The third-order valence-electron chi connectivity index (χ3n) is 2.08. The van der Waals surface area contributed by atoms with E-state index >= 15 is 0 Å². The molecule has 1 rings (SSSR count). The van der Waals surface area contributed by atoms with E-state index in [-0.39, 0.29) is 0 Å². The van der Waals surface area contributed by atoms with Crippen molar-refractivity contribution in [2.45, 2.75) is 33.6 Å². The van der Waals surface area contributed by atoms with Crippen molar-refractivity contribution >= 4 is 28.4 Å². The molecule has 1 heterocycles. The molecule has 0 aliphatic heterocycles. The van der Waals surface area contributed by atoms with Crippen LogP contribution in [0, 0.1) is 9.49 Å². The zero-order valence-electron chi connectivity index (χ0n) is 9.55. The Hall–Kier alpha value is -0.390. The van der Waals surface area contributed by atoms with Crippen molar-refractivity contribution in [2.24, 2.45) is 5.92 Å². The third-order valence-corrected chi connectivity index (χ3v) is 2.87. The summed E-state index contributed by atoms with van der Waals surface area (Å²) in [6.45, 7) is 7.42. The third kappa shape index (κ3) is 4.32. The number of aryl methyl sites for hydroxylation is 1. The zero-order valence-corrected chi connectivity index (χ0v) is 11.7. The van der Waals surface area contributed by atoms with Crippen LogP contribution >= 0.6 is 22.6 Å². The second-order valence-electron chi connectivity index (χ2n) is 3.95. The molecule has 0 bridgehead atoms.